The number of phenolic OH excluding ortho intramolecular Hbond substituents is 1. The van der Waals surface area contributed by atoms with Crippen molar-refractivity contribution in [2.24, 2.45) is 0 Å². The normalized spacial score (nSPS) is 13.9. The fourth-order valence-corrected chi connectivity index (χ4v) is 3.99. The van der Waals surface area contributed by atoms with Gasteiger partial charge in [0, 0.05) is 17.7 Å². The fraction of sp³-hybridized carbons (Fsp3) is 0.320. The van der Waals surface area contributed by atoms with Gasteiger partial charge in [0.2, 0.25) is 0 Å². The molecule has 4 rings (SSSR count). The van der Waals surface area contributed by atoms with Crippen molar-refractivity contribution in [2.75, 3.05) is 26.2 Å². The number of likely N-dealkylation sites (tertiary alicyclic amines) is 1. The van der Waals surface area contributed by atoms with E-state index in [1.165, 1.54) is 25.9 Å². The van der Waals surface area contributed by atoms with E-state index in [1.807, 2.05) is 12.1 Å². The number of nitrogens with zero attached hydrogens (tertiary/aromatic N) is 2. The molecule has 0 radical (unpaired) electrons. The van der Waals surface area contributed by atoms with E-state index >= 15 is 0 Å². The first kappa shape index (κ1) is 21.8. The molecule has 1 fully saturated rings. The molecule has 3 N–H and O–H groups in total. The lowest BCUT2D eigenvalue weighted by Gasteiger charge is -2.14. The van der Waals surface area contributed by atoms with Gasteiger partial charge in [-0.3, -0.25) is 4.79 Å². The van der Waals surface area contributed by atoms with Crippen LogP contribution in [0.5, 0.6) is 5.75 Å². The van der Waals surface area contributed by atoms with Gasteiger partial charge in [-0.15, -0.1) is 0 Å². The highest BCUT2D eigenvalue weighted by Gasteiger charge is 2.12. The molecule has 2 aromatic carbocycles. The highest BCUT2D eigenvalue weighted by molar-refractivity contribution is 5.94. The number of aryl methyl sites for hydroxylation is 1. The van der Waals surface area contributed by atoms with Gasteiger partial charge in [-0.2, -0.15) is 4.98 Å². The highest BCUT2D eigenvalue weighted by atomic mass is 16.3. The molecule has 0 bridgehead atoms. The summed E-state index contributed by atoms with van der Waals surface area (Å²) in [6, 6.07) is 14.0. The summed E-state index contributed by atoms with van der Waals surface area (Å²) in [4.78, 5) is 33.8. The summed E-state index contributed by atoms with van der Waals surface area (Å²) in [5.74, 6) is 0.102. The molecular weight excluding hydrogens is 404 g/mol. The highest BCUT2D eigenvalue weighted by Crippen LogP contribution is 2.26. The van der Waals surface area contributed by atoms with Crippen LogP contribution in [0.2, 0.25) is 0 Å². The van der Waals surface area contributed by atoms with Gasteiger partial charge in [-0.05, 0) is 93.3 Å². The van der Waals surface area contributed by atoms with Crippen LogP contribution in [0.25, 0.3) is 22.5 Å². The lowest BCUT2D eigenvalue weighted by molar-refractivity contribution is 0.0952. The van der Waals surface area contributed by atoms with Crippen molar-refractivity contribution < 1.29 is 9.90 Å². The summed E-state index contributed by atoms with van der Waals surface area (Å²) in [7, 11) is 0. The Morgan fingerprint density at radius 3 is 2.53 bits per heavy atom. The second-order valence-corrected chi connectivity index (χ2v) is 8.22. The number of H-pyrrole nitrogens is 1. The molecule has 32 heavy (non-hydrogen) atoms. The molecule has 0 atom stereocenters. The largest absolute Gasteiger partial charge is 0.508 e. The molecule has 166 valence electrons. The SMILES string of the molecule is Cc1cc(-c2cc(-c3ccc(C(=O)NCCCN4CCCC4)cc3)[nH]c(=O)n2)ccc1O. The average Bonchev–Trinajstić information content (AvgIpc) is 3.32. The average molecular weight is 433 g/mol. The second-order valence-electron chi connectivity index (χ2n) is 8.22. The number of hydrogen-bond acceptors (Lipinski definition) is 5. The monoisotopic (exact) mass is 432 g/mol. The zero-order valence-corrected chi connectivity index (χ0v) is 18.2. The van der Waals surface area contributed by atoms with Crippen LogP contribution in [-0.2, 0) is 0 Å². The third-order valence-electron chi connectivity index (χ3n) is 5.83. The topological polar surface area (TPSA) is 98.3 Å². The Labute approximate surface area is 187 Å². The van der Waals surface area contributed by atoms with E-state index < -0.39 is 5.69 Å². The molecular formula is C25H28N4O3. The van der Waals surface area contributed by atoms with Crippen molar-refractivity contribution >= 4 is 5.91 Å². The quantitative estimate of drug-likeness (QED) is 0.498. The molecule has 3 aromatic rings. The number of benzene rings is 2. The number of aromatic nitrogens is 2. The van der Waals surface area contributed by atoms with Crippen LogP contribution >= 0.6 is 0 Å². The molecule has 0 unspecified atom stereocenters. The number of rotatable bonds is 7. The van der Waals surface area contributed by atoms with Crippen LogP contribution in [0, 0.1) is 6.92 Å². The maximum Gasteiger partial charge on any atom is 0.345 e. The summed E-state index contributed by atoms with van der Waals surface area (Å²) in [5, 5.41) is 12.7. The van der Waals surface area contributed by atoms with Crippen LogP contribution in [-0.4, -0.2) is 52.1 Å². The van der Waals surface area contributed by atoms with Crippen LogP contribution in [0.3, 0.4) is 0 Å². The summed E-state index contributed by atoms with van der Waals surface area (Å²) in [5.41, 5.74) is 3.50. The summed E-state index contributed by atoms with van der Waals surface area (Å²) >= 11 is 0. The number of phenols is 1. The first-order chi connectivity index (χ1) is 15.5. The minimum absolute atomic E-state index is 0.0959. The first-order valence-electron chi connectivity index (χ1n) is 11.0. The number of aromatic amines is 1. The van der Waals surface area contributed by atoms with E-state index in [9.17, 15) is 14.7 Å². The van der Waals surface area contributed by atoms with Crippen LogP contribution in [0.1, 0.15) is 35.2 Å². The van der Waals surface area contributed by atoms with E-state index in [-0.39, 0.29) is 11.7 Å². The summed E-state index contributed by atoms with van der Waals surface area (Å²) < 4.78 is 0. The molecule has 1 amide bonds. The lowest BCUT2D eigenvalue weighted by atomic mass is 10.0. The molecule has 0 saturated carbocycles. The molecule has 0 aliphatic carbocycles. The van der Waals surface area contributed by atoms with E-state index in [1.54, 1.807) is 43.3 Å². The van der Waals surface area contributed by atoms with Crippen molar-refractivity contribution in [3.63, 3.8) is 0 Å². The Balaban J connectivity index is 1.43. The van der Waals surface area contributed by atoms with Gasteiger partial charge < -0.3 is 20.3 Å². The van der Waals surface area contributed by atoms with Crippen molar-refractivity contribution in [3.8, 4) is 28.3 Å². The maximum absolute atomic E-state index is 12.4. The molecule has 2 heterocycles. The van der Waals surface area contributed by atoms with Crippen LogP contribution in [0.15, 0.2) is 53.3 Å². The van der Waals surface area contributed by atoms with Crippen molar-refractivity contribution in [1.29, 1.82) is 0 Å². The minimum atomic E-state index is -0.456. The van der Waals surface area contributed by atoms with E-state index in [4.69, 9.17) is 0 Å². The zero-order valence-electron chi connectivity index (χ0n) is 18.2. The maximum atomic E-state index is 12.4. The lowest BCUT2D eigenvalue weighted by Crippen LogP contribution is -2.28. The van der Waals surface area contributed by atoms with Crippen LogP contribution < -0.4 is 11.0 Å². The van der Waals surface area contributed by atoms with Crippen molar-refractivity contribution in [2.45, 2.75) is 26.2 Å². The third-order valence-corrected chi connectivity index (χ3v) is 5.83. The van der Waals surface area contributed by atoms with E-state index in [2.05, 4.69) is 20.2 Å². The molecule has 7 heteroatoms. The molecule has 0 spiro atoms. The number of nitrogens with one attached hydrogen (secondary N) is 2. The number of carbonyl (C=O) groups is 1. The van der Waals surface area contributed by atoms with Gasteiger partial charge in [-0.25, -0.2) is 4.79 Å². The Hall–Kier alpha value is -3.45. The predicted molar refractivity (Wildman–Crippen MR) is 125 cm³/mol. The fourth-order valence-electron chi connectivity index (χ4n) is 3.99. The van der Waals surface area contributed by atoms with E-state index in [0.717, 1.165) is 24.1 Å². The number of amides is 1. The molecule has 1 aromatic heterocycles. The smallest absolute Gasteiger partial charge is 0.345 e. The Kier molecular flexibility index (Phi) is 6.66. The summed E-state index contributed by atoms with van der Waals surface area (Å²) in [6.45, 7) is 5.81. The van der Waals surface area contributed by atoms with Crippen molar-refractivity contribution in [1.82, 2.24) is 20.2 Å². The first-order valence-corrected chi connectivity index (χ1v) is 11.0. The van der Waals surface area contributed by atoms with Gasteiger partial charge in [-0.1, -0.05) is 12.1 Å². The van der Waals surface area contributed by atoms with Gasteiger partial charge >= 0.3 is 5.69 Å². The molecule has 1 aliphatic heterocycles. The van der Waals surface area contributed by atoms with Gasteiger partial charge in [0.1, 0.15) is 5.75 Å². The van der Waals surface area contributed by atoms with E-state index in [0.29, 0.717) is 29.1 Å². The predicted octanol–water partition coefficient (Wildman–Crippen LogP) is 3.33. The zero-order chi connectivity index (χ0) is 22.5. The molecule has 7 nitrogen and oxygen atoms in total. The number of hydrogen-bond donors (Lipinski definition) is 3. The minimum Gasteiger partial charge on any atom is -0.508 e. The number of aromatic hydroxyl groups is 1. The Bertz CT molecular complexity index is 1150. The summed E-state index contributed by atoms with van der Waals surface area (Å²) in [6.07, 6.45) is 3.50. The Morgan fingerprint density at radius 1 is 1.09 bits per heavy atom. The molecule has 1 saturated heterocycles. The van der Waals surface area contributed by atoms with Gasteiger partial charge in [0.15, 0.2) is 0 Å². The second kappa shape index (κ2) is 9.78. The van der Waals surface area contributed by atoms with Crippen molar-refractivity contribution in [3.05, 3.63) is 70.1 Å². The molecule has 1 aliphatic rings. The van der Waals surface area contributed by atoms with Gasteiger partial charge in [0.25, 0.3) is 5.91 Å². The standard InChI is InChI=1S/C25H28N4O3/c1-17-15-20(9-10-23(17)30)22-16-21(27-25(32)28-22)18-5-7-19(8-6-18)24(31)26-11-4-14-29-12-2-3-13-29/h5-10,15-16,30H,2-4,11-14H2,1H3,(H,26,31)(H,27,28,32). The van der Waals surface area contributed by atoms with Crippen LogP contribution in [0.4, 0.5) is 0 Å². The Morgan fingerprint density at radius 2 is 1.81 bits per heavy atom. The number of carbonyl (C=O) groups excluding carboxylic acids is 1. The van der Waals surface area contributed by atoms with Gasteiger partial charge in [0.05, 0.1) is 11.4 Å². The third kappa shape index (κ3) is 5.23.